The molecular weight excluding hydrogens is 337 g/mol. The molecule has 3 rings (SSSR count). The number of rotatable bonds is 5. The van der Waals surface area contributed by atoms with E-state index in [4.69, 9.17) is 9.84 Å². The van der Waals surface area contributed by atoms with Crippen molar-refractivity contribution in [3.05, 3.63) is 71.0 Å². The number of hydrogen-bond acceptors (Lipinski definition) is 3. The van der Waals surface area contributed by atoms with Gasteiger partial charge in [-0.15, -0.1) is 0 Å². The topological polar surface area (TPSA) is 66.8 Å². The number of carboxylic acids is 1. The van der Waals surface area contributed by atoms with Crippen LogP contribution in [0.15, 0.2) is 48.5 Å². The molecule has 1 saturated heterocycles. The summed E-state index contributed by atoms with van der Waals surface area (Å²) in [5.41, 5.74) is 2.01. The van der Waals surface area contributed by atoms with Crippen LogP contribution < -0.4 is 0 Å². The van der Waals surface area contributed by atoms with Crippen LogP contribution >= 0.6 is 0 Å². The Bertz CT molecular complexity index is 773. The molecule has 2 aromatic rings. The van der Waals surface area contributed by atoms with Gasteiger partial charge in [-0.2, -0.15) is 0 Å². The summed E-state index contributed by atoms with van der Waals surface area (Å²) in [4.78, 5) is 25.1. The number of aryl methyl sites for hydroxylation is 1. The van der Waals surface area contributed by atoms with Gasteiger partial charge in [0.15, 0.2) is 0 Å². The molecule has 0 spiro atoms. The quantitative estimate of drug-likeness (QED) is 0.893. The highest BCUT2D eigenvalue weighted by molar-refractivity contribution is 5.87. The summed E-state index contributed by atoms with van der Waals surface area (Å²) < 4.78 is 18.8. The summed E-state index contributed by atoms with van der Waals surface area (Å²) in [6.45, 7) is 1.43. The summed E-state index contributed by atoms with van der Waals surface area (Å²) in [7, 11) is 0. The van der Waals surface area contributed by atoms with E-state index < -0.39 is 5.97 Å². The first-order valence-electron chi connectivity index (χ1n) is 8.50. The van der Waals surface area contributed by atoms with Crippen molar-refractivity contribution in [3.8, 4) is 0 Å². The van der Waals surface area contributed by atoms with Crippen LogP contribution in [-0.2, 0) is 16.0 Å². The number of carbonyl (C=O) groups excluding carboxylic acids is 1. The van der Waals surface area contributed by atoms with Gasteiger partial charge in [0, 0.05) is 13.0 Å². The highest BCUT2D eigenvalue weighted by atomic mass is 19.1. The SMILES string of the molecule is O=C(O)c1ccc(CCC(=O)N2CCO[C@H](c3ccc(F)cc3)C2)cc1. The molecule has 26 heavy (non-hydrogen) atoms. The van der Waals surface area contributed by atoms with Crippen LogP contribution in [0.5, 0.6) is 0 Å². The number of ether oxygens (including phenoxy) is 1. The standard InChI is InChI=1S/C20H20FNO4/c21-17-8-6-15(7-9-17)18-13-22(11-12-26-18)19(23)10-3-14-1-4-16(5-2-14)20(24)25/h1-2,4-9,18H,3,10-13H2,(H,24,25)/t18-/m0/s1. The normalized spacial score (nSPS) is 17.1. The minimum absolute atomic E-state index is 0.0303. The van der Waals surface area contributed by atoms with Crippen molar-refractivity contribution in [1.82, 2.24) is 4.90 Å². The maximum Gasteiger partial charge on any atom is 0.335 e. The number of aromatic carboxylic acids is 1. The molecule has 1 amide bonds. The number of carboxylic acid groups (broad SMARTS) is 1. The predicted octanol–water partition coefficient (Wildman–Crippen LogP) is 3.06. The number of nitrogens with zero attached hydrogens (tertiary/aromatic N) is 1. The van der Waals surface area contributed by atoms with Gasteiger partial charge in [-0.05, 0) is 41.8 Å². The van der Waals surface area contributed by atoms with Crippen LogP contribution in [0.4, 0.5) is 4.39 Å². The molecule has 1 aliphatic heterocycles. The maximum absolute atomic E-state index is 13.1. The summed E-state index contributed by atoms with van der Waals surface area (Å²) in [6.07, 6.45) is 0.656. The molecule has 6 heteroatoms. The zero-order valence-corrected chi connectivity index (χ0v) is 14.2. The van der Waals surface area contributed by atoms with Crippen LogP contribution in [0.2, 0.25) is 0 Å². The summed E-state index contributed by atoms with van der Waals surface area (Å²) >= 11 is 0. The summed E-state index contributed by atoms with van der Waals surface area (Å²) in [6, 6.07) is 12.7. The molecule has 1 heterocycles. The summed E-state index contributed by atoms with van der Waals surface area (Å²) in [5, 5.41) is 8.90. The second-order valence-corrected chi connectivity index (χ2v) is 6.25. The highest BCUT2D eigenvalue weighted by Crippen LogP contribution is 2.23. The molecule has 136 valence electrons. The van der Waals surface area contributed by atoms with E-state index in [1.165, 1.54) is 12.1 Å². The lowest BCUT2D eigenvalue weighted by Gasteiger charge is -2.33. The van der Waals surface area contributed by atoms with Gasteiger partial charge >= 0.3 is 5.97 Å². The van der Waals surface area contributed by atoms with Gasteiger partial charge in [0.05, 0.1) is 18.7 Å². The molecule has 1 aliphatic rings. The molecule has 0 radical (unpaired) electrons. The third-order valence-electron chi connectivity index (χ3n) is 4.49. The fraction of sp³-hybridized carbons (Fsp3) is 0.300. The van der Waals surface area contributed by atoms with Crippen LogP contribution in [0.25, 0.3) is 0 Å². The van der Waals surface area contributed by atoms with Crippen LogP contribution in [0.3, 0.4) is 0 Å². The molecule has 1 fully saturated rings. The number of amides is 1. The van der Waals surface area contributed by atoms with Crippen molar-refractivity contribution >= 4 is 11.9 Å². The third kappa shape index (κ3) is 4.46. The van der Waals surface area contributed by atoms with Gasteiger partial charge < -0.3 is 14.7 Å². The minimum atomic E-state index is -0.965. The Balaban J connectivity index is 1.55. The van der Waals surface area contributed by atoms with Crippen molar-refractivity contribution in [1.29, 1.82) is 0 Å². The van der Waals surface area contributed by atoms with E-state index >= 15 is 0 Å². The average Bonchev–Trinajstić information content (AvgIpc) is 2.67. The third-order valence-corrected chi connectivity index (χ3v) is 4.49. The molecule has 2 aromatic carbocycles. The predicted molar refractivity (Wildman–Crippen MR) is 93.4 cm³/mol. The van der Waals surface area contributed by atoms with E-state index in [0.29, 0.717) is 32.5 Å². The minimum Gasteiger partial charge on any atom is -0.478 e. The van der Waals surface area contributed by atoms with Crippen LogP contribution in [-0.4, -0.2) is 41.6 Å². The lowest BCUT2D eigenvalue weighted by molar-refractivity contribution is -0.139. The monoisotopic (exact) mass is 357 g/mol. The second-order valence-electron chi connectivity index (χ2n) is 6.25. The Morgan fingerprint density at radius 2 is 1.81 bits per heavy atom. The lowest BCUT2D eigenvalue weighted by atomic mass is 10.1. The molecular formula is C20H20FNO4. The maximum atomic E-state index is 13.1. The molecule has 0 unspecified atom stereocenters. The molecule has 0 saturated carbocycles. The second kappa shape index (κ2) is 8.10. The van der Waals surface area contributed by atoms with Gasteiger partial charge in [0.2, 0.25) is 5.91 Å². The molecule has 0 aromatic heterocycles. The van der Waals surface area contributed by atoms with E-state index in [-0.39, 0.29) is 23.4 Å². The van der Waals surface area contributed by atoms with Crippen molar-refractivity contribution in [2.24, 2.45) is 0 Å². The summed E-state index contributed by atoms with van der Waals surface area (Å²) in [5.74, 6) is -1.23. The Morgan fingerprint density at radius 3 is 2.46 bits per heavy atom. The van der Waals surface area contributed by atoms with E-state index in [0.717, 1.165) is 11.1 Å². The fourth-order valence-corrected chi connectivity index (χ4v) is 2.98. The Morgan fingerprint density at radius 1 is 1.12 bits per heavy atom. The van der Waals surface area contributed by atoms with Gasteiger partial charge in [-0.1, -0.05) is 24.3 Å². The van der Waals surface area contributed by atoms with Crippen LogP contribution in [0, 0.1) is 5.82 Å². The smallest absolute Gasteiger partial charge is 0.335 e. The number of morpholine rings is 1. The van der Waals surface area contributed by atoms with Gasteiger partial charge in [-0.3, -0.25) is 4.79 Å². The van der Waals surface area contributed by atoms with Crippen LogP contribution in [0.1, 0.15) is 34.0 Å². The zero-order valence-electron chi connectivity index (χ0n) is 14.2. The highest BCUT2D eigenvalue weighted by Gasteiger charge is 2.25. The molecule has 1 atom stereocenters. The van der Waals surface area contributed by atoms with Gasteiger partial charge in [-0.25, -0.2) is 9.18 Å². The molecule has 0 bridgehead atoms. The van der Waals surface area contributed by atoms with Crippen molar-refractivity contribution in [2.75, 3.05) is 19.7 Å². The molecule has 1 N–H and O–H groups in total. The Hall–Kier alpha value is -2.73. The first-order chi connectivity index (χ1) is 12.5. The largest absolute Gasteiger partial charge is 0.478 e. The first-order valence-corrected chi connectivity index (χ1v) is 8.50. The van der Waals surface area contributed by atoms with E-state index in [9.17, 15) is 14.0 Å². The molecule has 5 nitrogen and oxygen atoms in total. The van der Waals surface area contributed by atoms with Crippen molar-refractivity contribution < 1.29 is 23.8 Å². The average molecular weight is 357 g/mol. The van der Waals surface area contributed by atoms with Gasteiger partial charge in [0.1, 0.15) is 11.9 Å². The number of benzene rings is 2. The Labute approximate surface area is 151 Å². The molecule has 0 aliphatic carbocycles. The lowest BCUT2D eigenvalue weighted by Crippen LogP contribution is -2.42. The number of hydrogen-bond donors (Lipinski definition) is 1. The Kier molecular flexibility index (Phi) is 5.63. The van der Waals surface area contributed by atoms with E-state index in [2.05, 4.69) is 0 Å². The van der Waals surface area contributed by atoms with Crippen molar-refractivity contribution in [3.63, 3.8) is 0 Å². The van der Waals surface area contributed by atoms with E-state index in [1.807, 2.05) is 0 Å². The fourth-order valence-electron chi connectivity index (χ4n) is 2.98. The number of halogens is 1. The zero-order chi connectivity index (χ0) is 18.5. The van der Waals surface area contributed by atoms with Crippen molar-refractivity contribution in [2.45, 2.75) is 18.9 Å². The van der Waals surface area contributed by atoms with E-state index in [1.54, 1.807) is 41.3 Å². The number of carbonyl (C=O) groups is 2. The van der Waals surface area contributed by atoms with Gasteiger partial charge in [0.25, 0.3) is 0 Å². The first kappa shape index (κ1) is 18.1.